The zero-order chi connectivity index (χ0) is 22.0. The van der Waals surface area contributed by atoms with Crippen molar-refractivity contribution in [3.05, 3.63) is 59.7 Å². The molecule has 0 amide bonds. The van der Waals surface area contributed by atoms with Gasteiger partial charge >= 0.3 is 15.2 Å². The highest BCUT2D eigenvalue weighted by molar-refractivity contribution is 7.53. The van der Waals surface area contributed by atoms with Gasteiger partial charge in [-0.05, 0) is 49.9 Å². The maximum atomic E-state index is 13.1. The fourth-order valence-electron chi connectivity index (χ4n) is 3.30. The summed E-state index contributed by atoms with van der Waals surface area (Å²) in [7, 11) is -6.54. The summed E-state index contributed by atoms with van der Waals surface area (Å²) in [5.41, 5.74) is 3.48. The van der Waals surface area contributed by atoms with Crippen LogP contribution >= 0.6 is 15.2 Å². The van der Waals surface area contributed by atoms with E-state index < -0.39 is 15.2 Å². The third-order valence-corrected chi connectivity index (χ3v) is 8.42. The fourth-order valence-corrected chi connectivity index (χ4v) is 6.78. The average molecular weight is 454 g/mol. The highest BCUT2D eigenvalue weighted by atomic mass is 31.2. The van der Waals surface area contributed by atoms with E-state index in [-0.39, 0.29) is 12.3 Å². The molecule has 0 saturated carbocycles. The molecule has 0 radical (unpaired) electrons. The van der Waals surface area contributed by atoms with E-state index in [2.05, 4.69) is 0 Å². The smallest absolute Gasteiger partial charge is 0.309 e. The second kappa shape index (κ2) is 12.0. The van der Waals surface area contributed by atoms with Crippen LogP contribution in [0.3, 0.4) is 0 Å². The van der Waals surface area contributed by atoms with Crippen LogP contribution in [0.2, 0.25) is 0 Å². The molecule has 6 nitrogen and oxygen atoms in total. The molecule has 0 N–H and O–H groups in total. The van der Waals surface area contributed by atoms with Gasteiger partial charge in [0.15, 0.2) is 0 Å². The van der Waals surface area contributed by atoms with Crippen molar-refractivity contribution in [2.75, 3.05) is 26.4 Å². The quantitative estimate of drug-likeness (QED) is 0.307. The lowest BCUT2D eigenvalue weighted by Gasteiger charge is -2.21. The van der Waals surface area contributed by atoms with Crippen LogP contribution < -0.4 is 0 Å². The van der Waals surface area contributed by atoms with Crippen LogP contribution in [0.5, 0.6) is 0 Å². The molecule has 0 aliphatic rings. The molecule has 0 atom stereocenters. The lowest BCUT2D eigenvalue weighted by atomic mass is 9.97. The Bertz CT molecular complexity index is 805. The normalized spacial score (nSPS) is 12.3. The predicted molar refractivity (Wildman–Crippen MR) is 121 cm³/mol. The molecule has 0 heterocycles. The third kappa shape index (κ3) is 6.88. The van der Waals surface area contributed by atoms with Crippen LogP contribution in [0.4, 0.5) is 0 Å². The highest BCUT2D eigenvalue weighted by Gasteiger charge is 2.28. The molecule has 0 unspecified atom stereocenters. The Morgan fingerprint density at radius 1 is 0.567 bits per heavy atom. The Morgan fingerprint density at radius 2 is 0.867 bits per heavy atom. The SMILES string of the molecule is CCOP(=O)(Cc1ccccc1-c1ccccc1CP(=O)(OCC)OCC)OCC. The summed E-state index contributed by atoms with van der Waals surface area (Å²) in [5, 5.41) is 0. The molecule has 0 aliphatic carbocycles. The van der Waals surface area contributed by atoms with Gasteiger partial charge in [-0.25, -0.2) is 0 Å². The summed E-state index contributed by atoms with van der Waals surface area (Å²) in [6, 6.07) is 15.4. The maximum absolute atomic E-state index is 13.1. The summed E-state index contributed by atoms with van der Waals surface area (Å²) in [4.78, 5) is 0. The van der Waals surface area contributed by atoms with Gasteiger partial charge < -0.3 is 18.1 Å². The molecule has 2 aromatic carbocycles. The molecule has 0 aliphatic heterocycles. The largest absolute Gasteiger partial charge is 0.335 e. The average Bonchev–Trinajstić information content (AvgIpc) is 2.69. The maximum Gasteiger partial charge on any atom is 0.335 e. The van der Waals surface area contributed by atoms with Crippen LogP contribution in [0.1, 0.15) is 38.8 Å². The van der Waals surface area contributed by atoms with Gasteiger partial charge in [0.2, 0.25) is 0 Å². The Balaban J connectivity index is 2.47. The first kappa shape index (κ1) is 25.0. The predicted octanol–water partition coefficient (Wildman–Crippen LogP) is 6.89. The first-order chi connectivity index (χ1) is 14.4. The van der Waals surface area contributed by atoms with Crippen LogP contribution in [0, 0.1) is 0 Å². The lowest BCUT2D eigenvalue weighted by Crippen LogP contribution is -2.03. The van der Waals surface area contributed by atoms with Crippen LogP contribution in [0.25, 0.3) is 11.1 Å². The Hall–Kier alpha value is -1.26. The highest BCUT2D eigenvalue weighted by Crippen LogP contribution is 2.54. The number of benzene rings is 2. The fraction of sp³-hybridized carbons (Fsp3) is 0.455. The molecule has 30 heavy (non-hydrogen) atoms. The van der Waals surface area contributed by atoms with Crippen LogP contribution in [-0.2, 0) is 39.5 Å². The Labute approximate surface area is 180 Å². The molecular weight excluding hydrogens is 422 g/mol. The van der Waals surface area contributed by atoms with Crippen molar-refractivity contribution in [1.82, 2.24) is 0 Å². The minimum atomic E-state index is -3.27. The zero-order valence-electron chi connectivity index (χ0n) is 18.2. The minimum absolute atomic E-state index is 0.160. The van der Waals surface area contributed by atoms with Crippen molar-refractivity contribution in [2.45, 2.75) is 40.0 Å². The van der Waals surface area contributed by atoms with Crippen molar-refractivity contribution >= 4 is 15.2 Å². The van der Waals surface area contributed by atoms with Crippen LogP contribution in [0.15, 0.2) is 48.5 Å². The molecule has 0 bridgehead atoms. The van der Waals surface area contributed by atoms with E-state index >= 15 is 0 Å². The summed E-state index contributed by atoms with van der Waals surface area (Å²) >= 11 is 0. The summed E-state index contributed by atoms with van der Waals surface area (Å²) < 4.78 is 48.2. The second-order valence-corrected chi connectivity index (χ2v) is 10.6. The molecule has 2 aromatic rings. The van der Waals surface area contributed by atoms with E-state index in [1.807, 2.05) is 48.5 Å². The van der Waals surface area contributed by atoms with E-state index in [1.54, 1.807) is 27.7 Å². The lowest BCUT2D eigenvalue weighted by molar-refractivity contribution is 0.218. The Kier molecular flexibility index (Phi) is 9.96. The van der Waals surface area contributed by atoms with E-state index in [0.717, 1.165) is 22.3 Å². The standard InChI is InChI=1S/C22H32O6P2/c1-5-25-29(23,26-6-2)17-19-13-9-11-15-21(19)22-16-12-10-14-20(22)18-30(24,27-7-3)28-8-4/h9-16H,5-8,17-18H2,1-4H3. The molecular formula is C22H32O6P2. The monoisotopic (exact) mass is 454 g/mol. The first-order valence-electron chi connectivity index (χ1n) is 10.3. The third-order valence-electron chi connectivity index (χ3n) is 4.36. The topological polar surface area (TPSA) is 71.1 Å². The van der Waals surface area contributed by atoms with Gasteiger partial charge in [0.1, 0.15) is 0 Å². The van der Waals surface area contributed by atoms with Gasteiger partial charge in [0, 0.05) is 0 Å². The zero-order valence-corrected chi connectivity index (χ0v) is 20.0. The van der Waals surface area contributed by atoms with Crippen molar-refractivity contribution in [1.29, 1.82) is 0 Å². The molecule has 0 saturated heterocycles. The molecule has 0 aromatic heterocycles. The second-order valence-electron chi connectivity index (χ2n) is 6.52. The number of hydrogen-bond donors (Lipinski definition) is 0. The van der Waals surface area contributed by atoms with Gasteiger partial charge in [-0.15, -0.1) is 0 Å². The molecule has 166 valence electrons. The van der Waals surface area contributed by atoms with Crippen molar-refractivity contribution in [2.24, 2.45) is 0 Å². The van der Waals surface area contributed by atoms with Gasteiger partial charge in [-0.1, -0.05) is 48.5 Å². The molecule has 8 heteroatoms. The minimum Gasteiger partial charge on any atom is -0.309 e. The van der Waals surface area contributed by atoms with E-state index in [4.69, 9.17) is 18.1 Å². The van der Waals surface area contributed by atoms with Gasteiger partial charge in [-0.2, -0.15) is 0 Å². The van der Waals surface area contributed by atoms with E-state index in [1.165, 1.54) is 0 Å². The summed E-state index contributed by atoms with van der Waals surface area (Å²) in [6.07, 6.45) is 0.321. The van der Waals surface area contributed by atoms with Crippen molar-refractivity contribution in [3.63, 3.8) is 0 Å². The van der Waals surface area contributed by atoms with Crippen molar-refractivity contribution < 1.29 is 27.2 Å². The number of hydrogen-bond acceptors (Lipinski definition) is 6. The first-order valence-corrected chi connectivity index (χ1v) is 13.8. The molecule has 0 fully saturated rings. The summed E-state index contributed by atoms with van der Waals surface area (Å²) in [6.45, 7) is 8.42. The van der Waals surface area contributed by atoms with Crippen molar-refractivity contribution in [3.8, 4) is 11.1 Å². The molecule has 0 spiro atoms. The Morgan fingerprint density at radius 3 is 1.17 bits per heavy atom. The summed E-state index contributed by atoms with van der Waals surface area (Å²) in [5.74, 6) is 0. The van der Waals surface area contributed by atoms with Crippen LogP contribution in [-0.4, -0.2) is 26.4 Å². The van der Waals surface area contributed by atoms with E-state index in [9.17, 15) is 9.13 Å². The number of rotatable bonds is 13. The van der Waals surface area contributed by atoms with Gasteiger partial charge in [-0.3, -0.25) is 9.13 Å². The van der Waals surface area contributed by atoms with E-state index in [0.29, 0.717) is 26.4 Å². The van der Waals surface area contributed by atoms with Gasteiger partial charge in [0.05, 0.1) is 38.8 Å². The van der Waals surface area contributed by atoms with Gasteiger partial charge in [0.25, 0.3) is 0 Å². The molecule has 2 rings (SSSR count).